The number of carbonyl (C=O) groups excluding carboxylic acids is 1. The van der Waals surface area contributed by atoms with Gasteiger partial charge in [-0.3, -0.25) is 4.52 Å². The van der Waals surface area contributed by atoms with Crippen molar-refractivity contribution in [1.29, 1.82) is 0 Å². The molecular formula is C22H43N2O6P. The van der Waals surface area contributed by atoms with E-state index in [4.69, 9.17) is 14.5 Å². The molecule has 0 bridgehead atoms. The standard InChI is InChI=1S/C22H43N2O6P/c1-2-3-4-5-6-7-8-9-10-14-29-20-13-11-12-19(15-20)16-23-22(25)24-17-21(18-24)30-31(26,27)28/h19-21H,2-18H2,1H3,(H,23,25)(H2,26,27,28). The van der Waals surface area contributed by atoms with E-state index in [2.05, 4.69) is 16.8 Å². The summed E-state index contributed by atoms with van der Waals surface area (Å²) in [4.78, 5) is 31.3. The number of phosphoric ester groups is 1. The van der Waals surface area contributed by atoms with E-state index in [0.29, 0.717) is 18.6 Å². The van der Waals surface area contributed by atoms with Crippen LogP contribution in [0.3, 0.4) is 0 Å². The van der Waals surface area contributed by atoms with Crippen molar-refractivity contribution < 1.29 is 28.4 Å². The van der Waals surface area contributed by atoms with Crippen molar-refractivity contribution in [3.8, 4) is 0 Å². The molecule has 0 aromatic heterocycles. The van der Waals surface area contributed by atoms with Crippen molar-refractivity contribution in [3.63, 3.8) is 0 Å². The topological polar surface area (TPSA) is 108 Å². The molecule has 9 heteroatoms. The van der Waals surface area contributed by atoms with Crippen LogP contribution in [0.15, 0.2) is 0 Å². The highest BCUT2D eigenvalue weighted by Crippen LogP contribution is 2.39. The van der Waals surface area contributed by atoms with Gasteiger partial charge in [0.1, 0.15) is 6.10 Å². The third-order valence-electron chi connectivity index (χ3n) is 6.30. The number of nitrogens with one attached hydrogen (secondary N) is 1. The molecule has 2 aliphatic rings. The normalized spacial score (nSPS) is 22.4. The molecule has 3 N–H and O–H groups in total. The summed E-state index contributed by atoms with van der Waals surface area (Å²) < 4.78 is 21.5. The summed E-state index contributed by atoms with van der Waals surface area (Å²) in [5.74, 6) is 0.425. The summed E-state index contributed by atoms with van der Waals surface area (Å²) in [6, 6.07) is -0.191. The molecule has 1 heterocycles. The molecule has 0 radical (unpaired) electrons. The van der Waals surface area contributed by atoms with Crippen LogP contribution in [0.4, 0.5) is 4.79 Å². The third kappa shape index (κ3) is 11.7. The van der Waals surface area contributed by atoms with Gasteiger partial charge in [-0.2, -0.15) is 0 Å². The SMILES string of the molecule is CCCCCCCCCCCOC1CCCC(CNC(=O)N2CC(OP(=O)(O)O)C2)C1. The second-order valence-electron chi connectivity index (χ2n) is 9.16. The smallest absolute Gasteiger partial charge is 0.378 e. The molecule has 31 heavy (non-hydrogen) atoms. The van der Waals surface area contributed by atoms with Gasteiger partial charge < -0.3 is 24.7 Å². The molecular weight excluding hydrogens is 419 g/mol. The number of amides is 2. The molecule has 182 valence electrons. The van der Waals surface area contributed by atoms with Gasteiger partial charge in [-0.05, 0) is 31.6 Å². The lowest BCUT2D eigenvalue weighted by Crippen LogP contribution is -2.57. The van der Waals surface area contributed by atoms with E-state index in [-0.39, 0.29) is 19.1 Å². The fraction of sp³-hybridized carbons (Fsp3) is 0.955. The number of rotatable bonds is 15. The van der Waals surface area contributed by atoms with Crippen molar-refractivity contribution in [2.45, 2.75) is 103 Å². The first-order valence-electron chi connectivity index (χ1n) is 12.3. The number of hydrogen-bond acceptors (Lipinski definition) is 4. The number of urea groups is 1. The van der Waals surface area contributed by atoms with Crippen LogP contribution < -0.4 is 5.32 Å². The second kappa shape index (κ2) is 14.5. The zero-order valence-corrected chi connectivity index (χ0v) is 20.1. The average molecular weight is 463 g/mol. The molecule has 0 spiro atoms. The van der Waals surface area contributed by atoms with Gasteiger partial charge >= 0.3 is 13.9 Å². The maximum atomic E-state index is 12.2. The van der Waals surface area contributed by atoms with Crippen LogP contribution in [-0.4, -0.2) is 59.2 Å². The molecule has 2 atom stereocenters. The Balaban J connectivity index is 1.47. The zero-order valence-electron chi connectivity index (χ0n) is 19.2. The third-order valence-corrected chi connectivity index (χ3v) is 6.87. The van der Waals surface area contributed by atoms with Gasteiger partial charge in [-0.1, -0.05) is 64.7 Å². The molecule has 2 unspecified atom stereocenters. The van der Waals surface area contributed by atoms with Gasteiger partial charge in [-0.25, -0.2) is 9.36 Å². The fourth-order valence-corrected chi connectivity index (χ4v) is 4.97. The van der Waals surface area contributed by atoms with Crippen molar-refractivity contribution >= 4 is 13.9 Å². The predicted octanol–water partition coefficient (Wildman–Crippen LogP) is 4.60. The number of hydrogen-bond donors (Lipinski definition) is 3. The van der Waals surface area contributed by atoms with Crippen molar-refractivity contribution in [2.24, 2.45) is 5.92 Å². The zero-order chi connectivity index (χ0) is 22.5. The molecule has 0 aromatic carbocycles. The number of unbranched alkanes of at least 4 members (excludes halogenated alkanes) is 8. The van der Waals surface area contributed by atoms with Crippen LogP contribution >= 0.6 is 7.82 Å². The van der Waals surface area contributed by atoms with Crippen LogP contribution in [0.1, 0.15) is 90.4 Å². The van der Waals surface area contributed by atoms with Gasteiger partial charge in [0.05, 0.1) is 19.2 Å². The van der Waals surface area contributed by atoms with Gasteiger partial charge in [-0.15, -0.1) is 0 Å². The van der Waals surface area contributed by atoms with Gasteiger partial charge in [0.15, 0.2) is 0 Å². The Labute approximate surface area is 187 Å². The number of phosphoric acid groups is 1. The molecule has 8 nitrogen and oxygen atoms in total. The lowest BCUT2D eigenvalue weighted by molar-refractivity contribution is 0.00963. The van der Waals surface area contributed by atoms with E-state index in [1.165, 1.54) is 56.3 Å². The summed E-state index contributed by atoms with van der Waals surface area (Å²) in [5.41, 5.74) is 0. The van der Waals surface area contributed by atoms with E-state index in [1.54, 1.807) is 0 Å². The van der Waals surface area contributed by atoms with Crippen LogP contribution in [0.25, 0.3) is 0 Å². The Morgan fingerprint density at radius 3 is 2.29 bits per heavy atom. The Hall–Kier alpha value is -0.660. The predicted molar refractivity (Wildman–Crippen MR) is 121 cm³/mol. The van der Waals surface area contributed by atoms with E-state index in [9.17, 15) is 9.36 Å². The minimum atomic E-state index is -4.48. The van der Waals surface area contributed by atoms with Crippen molar-refractivity contribution in [1.82, 2.24) is 10.2 Å². The number of ether oxygens (including phenoxy) is 1. The van der Waals surface area contributed by atoms with E-state index in [1.807, 2.05) is 0 Å². The number of nitrogens with zero attached hydrogens (tertiary/aromatic N) is 1. The minimum absolute atomic E-state index is 0.191. The maximum Gasteiger partial charge on any atom is 0.469 e. The fourth-order valence-electron chi connectivity index (χ4n) is 4.45. The first-order valence-corrected chi connectivity index (χ1v) is 13.8. The molecule has 1 saturated carbocycles. The molecule has 1 saturated heterocycles. The van der Waals surface area contributed by atoms with E-state index >= 15 is 0 Å². The van der Waals surface area contributed by atoms with Crippen molar-refractivity contribution in [2.75, 3.05) is 26.2 Å². The Morgan fingerprint density at radius 1 is 1.00 bits per heavy atom. The molecule has 1 aliphatic heterocycles. The van der Waals surface area contributed by atoms with Gasteiger partial charge in [0, 0.05) is 13.2 Å². The molecule has 1 aliphatic carbocycles. The Bertz CT molecular complexity index is 552. The largest absolute Gasteiger partial charge is 0.469 e. The van der Waals surface area contributed by atoms with E-state index in [0.717, 1.165) is 38.7 Å². The molecule has 2 amide bonds. The van der Waals surface area contributed by atoms with Crippen molar-refractivity contribution in [3.05, 3.63) is 0 Å². The van der Waals surface area contributed by atoms with E-state index < -0.39 is 13.9 Å². The first kappa shape index (κ1) is 26.6. The van der Waals surface area contributed by atoms with Gasteiger partial charge in [0.25, 0.3) is 0 Å². The monoisotopic (exact) mass is 462 g/mol. The summed E-state index contributed by atoms with van der Waals surface area (Å²) in [5, 5.41) is 2.95. The first-order chi connectivity index (χ1) is 14.9. The van der Waals surface area contributed by atoms with Gasteiger partial charge in [0.2, 0.25) is 0 Å². The quantitative estimate of drug-likeness (QED) is 0.243. The summed E-state index contributed by atoms with van der Waals surface area (Å²) >= 11 is 0. The highest BCUT2D eigenvalue weighted by molar-refractivity contribution is 7.46. The number of likely N-dealkylation sites (tertiary alicyclic amines) is 1. The van der Waals surface area contributed by atoms with Crippen LogP contribution in [0, 0.1) is 5.92 Å². The molecule has 2 rings (SSSR count). The molecule has 2 fully saturated rings. The highest BCUT2D eigenvalue weighted by atomic mass is 31.2. The summed E-state index contributed by atoms with van der Waals surface area (Å²) in [7, 11) is -4.48. The minimum Gasteiger partial charge on any atom is -0.378 e. The van der Waals surface area contributed by atoms with Crippen LogP contribution in [0.5, 0.6) is 0 Å². The highest BCUT2D eigenvalue weighted by Gasteiger charge is 2.36. The Morgan fingerprint density at radius 2 is 1.65 bits per heavy atom. The lowest BCUT2D eigenvalue weighted by atomic mass is 9.87. The average Bonchev–Trinajstić information content (AvgIpc) is 2.69. The molecule has 0 aromatic rings. The summed E-state index contributed by atoms with van der Waals surface area (Å²) in [6.07, 6.45) is 15.9. The number of carbonyl (C=O) groups is 1. The maximum absolute atomic E-state index is 12.2. The second-order valence-corrected chi connectivity index (χ2v) is 10.4. The Kier molecular flexibility index (Phi) is 12.4. The summed E-state index contributed by atoms with van der Waals surface area (Å²) in [6.45, 7) is 4.15. The van der Waals surface area contributed by atoms with Crippen LogP contribution in [0.2, 0.25) is 0 Å². The van der Waals surface area contributed by atoms with Crippen LogP contribution in [-0.2, 0) is 13.8 Å². The lowest BCUT2D eigenvalue weighted by Gasteiger charge is -2.39.